The maximum atomic E-state index is 5.88. The molecule has 0 spiro atoms. The number of benzene rings is 4. The van der Waals surface area contributed by atoms with E-state index in [1.54, 1.807) is 0 Å². The van der Waals surface area contributed by atoms with Gasteiger partial charge in [0.25, 0.3) is 0 Å². The molecule has 0 saturated carbocycles. The number of hydrogen-bond acceptors (Lipinski definition) is 2. The summed E-state index contributed by atoms with van der Waals surface area (Å²) in [5, 5.41) is 0. The summed E-state index contributed by atoms with van der Waals surface area (Å²) in [6.45, 7) is 4.57. The Morgan fingerprint density at radius 1 is 0.348 bits per heavy atom. The van der Waals surface area contributed by atoms with Crippen molar-refractivity contribution < 1.29 is 0 Å². The smallest absolute Gasteiger partial charge is 0.0314 e. The minimum Gasteiger partial charge on any atom is -0.399 e. The Kier molecular flexibility index (Phi) is 15.3. The summed E-state index contributed by atoms with van der Waals surface area (Å²) in [5.74, 6) is 0. The molecule has 0 unspecified atom stereocenters. The zero-order valence-corrected chi connectivity index (χ0v) is 29.0. The zero-order chi connectivity index (χ0) is 32.4. The van der Waals surface area contributed by atoms with Crippen molar-refractivity contribution in [3.8, 4) is 0 Å². The van der Waals surface area contributed by atoms with Crippen LogP contribution in [0.5, 0.6) is 0 Å². The number of nitrogen functional groups attached to an aromatic ring is 2. The summed E-state index contributed by atoms with van der Waals surface area (Å²) in [6.07, 6.45) is 22.8. The van der Waals surface area contributed by atoms with Crippen molar-refractivity contribution in [1.82, 2.24) is 0 Å². The molecule has 0 aromatic heterocycles. The van der Waals surface area contributed by atoms with Gasteiger partial charge in [0.2, 0.25) is 0 Å². The number of aryl methyl sites for hydroxylation is 4. The van der Waals surface area contributed by atoms with Crippen LogP contribution in [0.2, 0.25) is 0 Å². The molecule has 0 fully saturated rings. The second kappa shape index (κ2) is 19.9. The lowest BCUT2D eigenvalue weighted by molar-refractivity contribution is 0.551. The van der Waals surface area contributed by atoms with Crippen molar-refractivity contribution in [3.63, 3.8) is 0 Å². The van der Waals surface area contributed by atoms with Gasteiger partial charge in [-0.3, -0.25) is 0 Å². The largest absolute Gasteiger partial charge is 0.399 e. The molecule has 0 aliphatic carbocycles. The highest BCUT2D eigenvalue weighted by Crippen LogP contribution is 2.22. The van der Waals surface area contributed by atoms with Crippen LogP contribution in [0.25, 0.3) is 0 Å². The highest BCUT2D eigenvalue weighted by atomic mass is 14.5. The molecule has 0 saturated heterocycles. The molecule has 0 aliphatic rings. The van der Waals surface area contributed by atoms with E-state index in [1.165, 1.54) is 134 Å². The summed E-state index contributed by atoms with van der Waals surface area (Å²) in [7, 11) is 0. The van der Waals surface area contributed by atoms with Crippen LogP contribution in [0.1, 0.15) is 135 Å². The lowest BCUT2D eigenvalue weighted by Gasteiger charge is -2.12. The van der Waals surface area contributed by atoms with E-state index < -0.39 is 0 Å². The number of anilines is 2. The molecule has 2 nitrogen and oxygen atoms in total. The van der Waals surface area contributed by atoms with Crippen molar-refractivity contribution in [2.24, 2.45) is 0 Å². The summed E-state index contributed by atoms with van der Waals surface area (Å²) >= 11 is 0. The highest BCUT2D eigenvalue weighted by molar-refractivity contribution is 5.43. The molecule has 0 aliphatic heterocycles. The second-order valence-electron chi connectivity index (χ2n) is 13.6. The molecule has 0 atom stereocenters. The van der Waals surface area contributed by atoms with E-state index in [4.69, 9.17) is 11.5 Å². The van der Waals surface area contributed by atoms with Gasteiger partial charge < -0.3 is 11.5 Å². The standard InChI is InChI=1S/C44H60N2/c1-3-15-39-31-35(19-25-41(39)33-37-21-27-43(45)28-22-37)17-13-11-9-7-5-6-8-10-12-14-18-36-20-26-42(40(32-36)16-4-2)34-38-23-29-44(46)30-24-38/h19-32H,3-18,33-34,45-46H2,1-2H3. The fourth-order valence-electron chi connectivity index (χ4n) is 6.80. The van der Waals surface area contributed by atoms with Crippen LogP contribution < -0.4 is 11.5 Å². The first kappa shape index (κ1) is 35.3. The number of rotatable bonds is 21. The SMILES string of the molecule is CCCc1cc(CCCCCCCCCCCCc2ccc(Cc3ccc(N)cc3)c(CCC)c2)ccc1Cc1ccc(N)cc1. The maximum absolute atomic E-state index is 5.88. The molecule has 4 aromatic rings. The molecular weight excluding hydrogens is 556 g/mol. The van der Waals surface area contributed by atoms with Gasteiger partial charge in [-0.05, 0) is 120 Å². The van der Waals surface area contributed by atoms with Gasteiger partial charge in [-0.15, -0.1) is 0 Å². The molecule has 246 valence electrons. The average molecular weight is 617 g/mol. The third-order valence-corrected chi connectivity index (χ3v) is 9.51. The summed E-state index contributed by atoms with van der Waals surface area (Å²) in [4.78, 5) is 0. The molecule has 4 rings (SSSR count). The number of hydrogen-bond donors (Lipinski definition) is 2. The lowest BCUT2D eigenvalue weighted by atomic mass is 9.93. The molecular formula is C44H60N2. The maximum Gasteiger partial charge on any atom is 0.0314 e. The monoisotopic (exact) mass is 616 g/mol. The quantitative estimate of drug-likeness (QED) is 0.0723. The van der Waals surface area contributed by atoms with Crippen LogP contribution in [-0.2, 0) is 38.5 Å². The van der Waals surface area contributed by atoms with Gasteiger partial charge in [-0.1, -0.05) is 139 Å². The van der Waals surface area contributed by atoms with Crippen molar-refractivity contribution in [2.45, 2.75) is 129 Å². The second-order valence-corrected chi connectivity index (χ2v) is 13.6. The molecule has 46 heavy (non-hydrogen) atoms. The minimum atomic E-state index is 0.838. The predicted molar refractivity (Wildman–Crippen MR) is 202 cm³/mol. The van der Waals surface area contributed by atoms with Crippen molar-refractivity contribution in [3.05, 3.63) is 129 Å². The minimum absolute atomic E-state index is 0.838. The fourth-order valence-corrected chi connectivity index (χ4v) is 6.80. The Bertz CT molecular complexity index is 1310. The van der Waals surface area contributed by atoms with E-state index in [9.17, 15) is 0 Å². The molecule has 4 aromatic carbocycles. The van der Waals surface area contributed by atoms with Crippen LogP contribution in [0.4, 0.5) is 11.4 Å². The van der Waals surface area contributed by atoms with Gasteiger partial charge in [-0.25, -0.2) is 0 Å². The Morgan fingerprint density at radius 2 is 0.674 bits per heavy atom. The van der Waals surface area contributed by atoms with Crippen LogP contribution in [0.3, 0.4) is 0 Å². The summed E-state index contributed by atoms with van der Waals surface area (Å²) in [5.41, 5.74) is 25.1. The van der Waals surface area contributed by atoms with Crippen LogP contribution in [-0.4, -0.2) is 0 Å². The van der Waals surface area contributed by atoms with Gasteiger partial charge in [0.15, 0.2) is 0 Å². The van der Waals surface area contributed by atoms with Gasteiger partial charge >= 0.3 is 0 Å². The van der Waals surface area contributed by atoms with E-state index in [2.05, 4.69) is 74.5 Å². The van der Waals surface area contributed by atoms with Crippen LogP contribution in [0, 0.1) is 0 Å². The Balaban J connectivity index is 1.05. The van der Waals surface area contributed by atoms with Gasteiger partial charge in [0, 0.05) is 11.4 Å². The van der Waals surface area contributed by atoms with Crippen LogP contribution in [0.15, 0.2) is 84.9 Å². The third-order valence-electron chi connectivity index (χ3n) is 9.51. The van der Waals surface area contributed by atoms with Gasteiger partial charge in [-0.2, -0.15) is 0 Å². The van der Waals surface area contributed by atoms with Crippen molar-refractivity contribution >= 4 is 11.4 Å². The Hall–Kier alpha value is -3.52. The first-order chi connectivity index (χ1) is 22.5. The Labute approximate surface area is 281 Å². The van der Waals surface area contributed by atoms with Crippen molar-refractivity contribution in [2.75, 3.05) is 11.5 Å². The lowest BCUT2D eigenvalue weighted by Crippen LogP contribution is -1.99. The van der Waals surface area contributed by atoms with Gasteiger partial charge in [0.1, 0.15) is 0 Å². The average Bonchev–Trinajstić information content (AvgIpc) is 3.06. The van der Waals surface area contributed by atoms with E-state index in [0.29, 0.717) is 0 Å². The van der Waals surface area contributed by atoms with E-state index in [1.807, 2.05) is 24.3 Å². The number of unbranched alkanes of at least 4 members (excludes halogenated alkanes) is 9. The van der Waals surface area contributed by atoms with Crippen LogP contribution >= 0.6 is 0 Å². The molecule has 0 radical (unpaired) electrons. The first-order valence-corrected chi connectivity index (χ1v) is 18.4. The molecule has 4 N–H and O–H groups in total. The molecule has 0 bridgehead atoms. The predicted octanol–water partition coefficient (Wildman–Crippen LogP) is 11.6. The normalized spacial score (nSPS) is 11.3. The molecule has 0 amide bonds. The third kappa shape index (κ3) is 12.3. The Morgan fingerprint density at radius 3 is 1.02 bits per heavy atom. The topological polar surface area (TPSA) is 52.0 Å². The molecule has 0 heterocycles. The van der Waals surface area contributed by atoms with Crippen molar-refractivity contribution in [1.29, 1.82) is 0 Å². The van der Waals surface area contributed by atoms with E-state index >= 15 is 0 Å². The van der Waals surface area contributed by atoms with E-state index in [-0.39, 0.29) is 0 Å². The summed E-state index contributed by atoms with van der Waals surface area (Å²) < 4.78 is 0. The molecule has 2 heteroatoms. The summed E-state index contributed by atoms with van der Waals surface area (Å²) in [6, 6.07) is 31.2. The first-order valence-electron chi connectivity index (χ1n) is 18.4. The highest BCUT2D eigenvalue weighted by Gasteiger charge is 2.07. The zero-order valence-electron chi connectivity index (χ0n) is 29.0. The van der Waals surface area contributed by atoms with Gasteiger partial charge in [0.05, 0.1) is 0 Å². The van der Waals surface area contributed by atoms with E-state index in [0.717, 1.165) is 37.1 Å². The fraction of sp³-hybridized carbons (Fsp3) is 0.455. The number of nitrogens with two attached hydrogens (primary N) is 2.